The average Bonchev–Trinajstić information content (AvgIpc) is 3.68. The maximum atomic E-state index is 2.38. The first kappa shape index (κ1) is 28.1. The van der Waals surface area contributed by atoms with Gasteiger partial charge in [0.1, 0.15) is 0 Å². The molecule has 1 aliphatic carbocycles. The van der Waals surface area contributed by atoms with Gasteiger partial charge in [-0.15, -0.1) is 0 Å². The molecule has 0 saturated heterocycles. The molecule has 222 valence electrons. The van der Waals surface area contributed by atoms with Crippen molar-refractivity contribution in [3.8, 4) is 33.4 Å². The van der Waals surface area contributed by atoms with Crippen LogP contribution in [0.4, 0.5) is 17.1 Å². The first-order valence-corrected chi connectivity index (χ1v) is 16.5. The fourth-order valence-electron chi connectivity index (χ4n) is 7.06. The molecule has 1 heteroatoms. The van der Waals surface area contributed by atoms with Crippen molar-refractivity contribution in [3.63, 3.8) is 0 Å². The van der Waals surface area contributed by atoms with Crippen LogP contribution >= 0.6 is 0 Å². The van der Waals surface area contributed by atoms with Gasteiger partial charge in [0.25, 0.3) is 0 Å². The minimum atomic E-state index is 0.705. The Hall–Kier alpha value is -5.40. The van der Waals surface area contributed by atoms with Gasteiger partial charge in [-0.05, 0) is 111 Å². The third-order valence-corrected chi connectivity index (χ3v) is 9.64. The zero-order valence-electron chi connectivity index (χ0n) is 26.0. The van der Waals surface area contributed by atoms with E-state index in [1.54, 1.807) is 0 Å². The highest BCUT2D eigenvalue weighted by atomic mass is 15.1. The molecule has 1 saturated carbocycles. The van der Waals surface area contributed by atoms with Crippen molar-refractivity contribution in [1.29, 1.82) is 0 Å². The Morgan fingerprint density at radius 2 is 0.761 bits per heavy atom. The molecular weight excluding hydrogens is 555 g/mol. The zero-order chi connectivity index (χ0) is 30.7. The van der Waals surface area contributed by atoms with E-state index in [9.17, 15) is 0 Å². The summed E-state index contributed by atoms with van der Waals surface area (Å²) in [6.07, 6.45) is 5.33. The molecule has 1 fully saturated rings. The van der Waals surface area contributed by atoms with Crippen LogP contribution in [0.2, 0.25) is 0 Å². The predicted octanol–water partition coefficient (Wildman–Crippen LogP) is 13.0. The van der Waals surface area contributed by atoms with E-state index in [4.69, 9.17) is 0 Å². The topological polar surface area (TPSA) is 3.24 Å². The van der Waals surface area contributed by atoms with E-state index in [0.717, 1.165) is 11.4 Å². The second-order valence-corrected chi connectivity index (χ2v) is 12.5. The van der Waals surface area contributed by atoms with Gasteiger partial charge >= 0.3 is 0 Å². The number of fused-ring (bicyclic) bond motifs is 1. The first-order chi connectivity index (χ1) is 22.8. The lowest BCUT2D eigenvalue weighted by atomic mass is 9.97. The SMILES string of the molecule is c1ccc(-c2ccc(-c3ccc(N(c4ccc(-c5ccc6ccccc6c5)cc4)c4ccc(C5CCCC5)cc4)cc3)cc2)cc1. The van der Waals surface area contributed by atoms with Gasteiger partial charge in [0, 0.05) is 17.1 Å². The fourth-order valence-corrected chi connectivity index (χ4v) is 7.06. The summed E-state index contributed by atoms with van der Waals surface area (Å²) in [5.41, 5.74) is 12.3. The van der Waals surface area contributed by atoms with Crippen LogP contribution in [0, 0.1) is 0 Å². The highest BCUT2D eigenvalue weighted by molar-refractivity contribution is 5.88. The van der Waals surface area contributed by atoms with Crippen LogP contribution < -0.4 is 4.90 Å². The van der Waals surface area contributed by atoms with Crippen LogP contribution in [0.15, 0.2) is 170 Å². The predicted molar refractivity (Wildman–Crippen MR) is 196 cm³/mol. The van der Waals surface area contributed by atoms with Gasteiger partial charge in [-0.25, -0.2) is 0 Å². The minimum absolute atomic E-state index is 0.705. The Kier molecular flexibility index (Phi) is 7.66. The molecule has 0 atom stereocenters. The van der Waals surface area contributed by atoms with Crippen molar-refractivity contribution in [2.24, 2.45) is 0 Å². The molecule has 1 aliphatic rings. The van der Waals surface area contributed by atoms with Crippen molar-refractivity contribution in [2.75, 3.05) is 4.90 Å². The van der Waals surface area contributed by atoms with Crippen LogP contribution in [-0.4, -0.2) is 0 Å². The smallest absolute Gasteiger partial charge is 0.0462 e. The largest absolute Gasteiger partial charge is 0.311 e. The fraction of sp³-hybridized carbons (Fsp3) is 0.111. The summed E-state index contributed by atoms with van der Waals surface area (Å²) in [4.78, 5) is 2.38. The second kappa shape index (κ2) is 12.5. The van der Waals surface area contributed by atoms with Crippen LogP contribution in [0.3, 0.4) is 0 Å². The standard InChI is InChI=1S/C45H37N/c1-2-8-33(9-3-1)36-14-16-37(17-15-36)39-22-28-44(29-23-39)46(43-26-20-38(21-27-43)34-10-4-5-11-34)45-30-24-40(25-31-45)42-19-18-35-12-6-7-13-41(35)32-42/h1-3,6-9,12-32,34H,4-5,10-11H2. The van der Waals surface area contributed by atoms with Gasteiger partial charge in [0.15, 0.2) is 0 Å². The normalized spacial score (nSPS) is 13.2. The molecule has 0 amide bonds. The molecule has 0 aliphatic heterocycles. The van der Waals surface area contributed by atoms with Gasteiger partial charge in [-0.2, -0.15) is 0 Å². The summed E-state index contributed by atoms with van der Waals surface area (Å²) < 4.78 is 0. The summed E-state index contributed by atoms with van der Waals surface area (Å²) in [6, 6.07) is 62.1. The summed E-state index contributed by atoms with van der Waals surface area (Å²) in [7, 11) is 0. The lowest BCUT2D eigenvalue weighted by molar-refractivity contribution is 0.723. The number of nitrogens with zero attached hydrogens (tertiary/aromatic N) is 1. The highest BCUT2D eigenvalue weighted by Crippen LogP contribution is 2.39. The van der Waals surface area contributed by atoms with Gasteiger partial charge in [-0.3, -0.25) is 0 Å². The van der Waals surface area contributed by atoms with Crippen LogP contribution in [0.25, 0.3) is 44.2 Å². The molecule has 0 bridgehead atoms. The van der Waals surface area contributed by atoms with Crippen molar-refractivity contribution in [3.05, 3.63) is 175 Å². The van der Waals surface area contributed by atoms with E-state index in [2.05, 4.69) is 175 Å². The lowest BCUT2D eigenvalue weighted by Gasteiger charge is -2.26. The molecule has 0 unspecified atom stereocenters. The van der Waals surface area contributed by atoms with Crippen molar-refractivity contribution >= 4 is 27.8 Å². The Bertz CT molecular complexity index is 2050. The first-order valence-electron chi connectivity index (χ1n) is 16.5. The van der Waals surface area contributed by atoms with E-state index < -0.39 is 0 Å². The average molecular weight is 592 g/mol. The quantitative estimate of drug-likeness (QED) is 0.178. The Labute approximate surface area is 272 Å². The molecule has 0 aromatic heterocycles. The molecule has 0 radical (unpaired) electrons. The Morgan fingerprint density at radius 3 is 1.33 bits per heavy atom. The van der Waals surface area contributed by atoms with E-state index in [1.165, 1.54) is 81.1 Å². The van der Waals surface area contributed by atoms with Crippen LogP contribution in [0.1, 0.15) is 37.2 Å². The minimum Gasteiger partial charge on any atom is -0.311 e. The molecule has 46 heavy (non-hydrogen) atoms. The third-order valence-electron chi connectivity index (χ3n) is 9.64. The summed E-state index contributed by atoms with van der Waals surface area (Å²) >= 11 is 0. The molecule has 0 spiro atoms. The lowest BCUT2D eigenvalue weighted by Crippen LogP contribution is -2.10. The summed E-state index contributed by atoms with van der Waals surface area (Å²) in [5, 5.41) is 2.54. The molecule has 8 rings (SSSR count). The Balaban J connectivity index is 1.11. The molecule has 7 aromatic carbocycles. The van der Waals surface area contributed by atoms with Crippen LogP contribution in [-0.2, 0) is 0 Å². The van der Waals surface area contributed by atoms with Gasteiger partial charge < -0.3 is 4.90 Å². The van der Waals surface area contributed by atoms with Gasteiger partial charge in [-0.1, -0.05) is 140 Å². The maximum absolute atomic E-state index is 2.38. The molecule has 7 aromatic rings. The number of rotatable bonds is 7. The number of anilines is 3. The molecular formula is C45H37N. The van der Waals surface area contributed by atoms with Crippen molar-refractivity contribution in [2.45, 2.75) is 31.6 Å². The van der Waals surface area contributed by atoms with Gasteiger partial charge in [0.2, 0.25) is 0 Å². The van der Waals surface area contributed by atoms with E-state index in [-0.39, 0.29) is 0 Å². The third kappa shape index (κ3) is 5.73. The van der Waals surface area contributed by atoms with Crippen LogP contribution in [0.5, 0.6) is 0 Å². The van der Waals surface area contributed by atoms with E-state index in [0.29, 0.717) is 5.92 Å². The monoisotopic (exact) mass is 591 g/mol. The highest BCUT2D eigenvalue weighted by Gasteiger charge is 2.18. The van der Waals surface area contributed by atoms with E-state index >= 15 is 0 Å². The zero-order valence-corrected chi connectivity index (χ0v) is 26.0. The summed E-state index contributed by atoms with van der Waals surface area (Å²) in [5.74, 6) is 0.705. The van der Waals surface area contributed by atoms with E-state index in [1.807, 2.05) is 0 Å². The van der Waals surface area contributed by atoms with Gasteiger partial charge in [0.05, 0.1) is 0 Å². The Morgan fingerprint density at radius 1 is 0.348 bits per heavy atom. The number of benzene rings is 7. The second-order valence-electron chi connectivity index (χ2n) is 12.5. The molecule has 0 heterocycles. The molecule has 0 N–H and O–H groups in total. The summed E-state index contributed by atoms with van der Waals surface area (Å²) in [6.45, 7) is 0. The van der Waals surface area contributed by atoms with Crippen molar-refractivity contribution in [1.82, 2.24) is 0 Å². The maximum Gasteiger partial charge on any atom is 0.0462 e. The molecule has 1 nitrogen and oxygen atoms in total. The number of hydrogen-bond donors (Lipinski definition) is 0. The number of hydrogen-bond acceptors (Lipinski definition) is 1. The van der Waals surface area contributed by atoms with Crippen molar-refractivity contribution < 1.29 is 0 Å².